The first-order chi connectivity index (χ1) is 13.7. The van der Waals surface area contributed by atoms with E-state index in [-0.39, 0.29) is 5.91 Å². The molecular weight excluding hydrogens is 392 g/mol. The van der Waals surface area contributed by atoms with Crippen molar-refractivity contribution in [3.63, 3.8) is 0 Å². The first kappa shape index (κ1) is 18.7. The number of anilines is 1. The summed E-state index contributed by atoms with van der Waals surface area (Å²) in [5, 5.41) is 5.51. The van der Waals surface area contributed by atoms with Crippen LogP contribution in [0.25, 0.3) is 10.2 Å². The minimum absolute atomic E-state index is 0.0474. The molecule has 5 nitrogen and oxygen atoms in total. The number of amides is 1. The van der Waals surface area contributed by atoms with Crippen molar-refractivity contribution < 1.29 is 4.79 Å². The summed E-state index contributed by atoms with van der Waals surface area (Å²) in [5.74, 6) is 0.0474. The molecule has 0 aliphatic heterocycles. The van der Waals surface area contributed by atoms with Gasteiger partial charge in [0.1, 0.15) is 5.52 Å². The lowest BCUT2D eigenvalue weighted by molar-refractivity contribution is -0.118. The zero-order chi connectivity index (χ0) is 19.3. The van der Waals surface area contributed by atoms with Crippen molar-refractivity contribution in [1.29, 1.82) is 0 Å². The summed E-state index contributed by atoms with van der Waals surface area (Å²) < 4.78 is 2.79. The molecule has 0 atom stereocenters. The highest BCUT2D eigenvalue weighted by molar-refractivity contribution is 7.22. The van der Waals surface area contributed by atoms with Gasteiger partial charge in [0.05, 0.1) is 16.3 Å². The van der Waals surface area contributed by atoms with Crippen molar-refractivity contribution in [1.82, 2.24) is 14.8 Å². The number of aromatic nitrogens is 3. The van der Waals surface area contributed by atoms with Crippen LogP contribution < -0.4 is 4.90 Å². The van der Waals surface area contributed by atoms with Gasteiger partial charge in [0.2, 0.25) is 5.91 Å². The van der Waals surface area contributed by atoms with Crippen LogP contribution in [0.5, 0.6) is 0 Å². The van der Waals surface area contributed by atoms with Crippen molar-refractivity contribution in [2.24, 2.45) is 0 Å². The first-order valence-electron chi connectivity index (χ1n) is 9.07. The van der Waals surface area contributed by atoms with E-state index in [2.05, 4.69) is 10.1 Å². The molecule has 2 aromatic carbocycles. The molecule has 2 heterocycles. The summed E-state index contributed by atoms with van der Waals surface area (Å²) in [6.45, 7) is 1.11. The maximum absolute atomic E-state index is 13.1. The van der Waals surface area contributed by atoms with Gasteiger partial charge in [-0.3, -0.25) is 14.4 Å². The predicted octanol–water partition coefficient (Wildman–Crippen LogP) is 4.81. The molecular formula is C21H19ClN4OS. The fraction of sp³-hybridized carbons (Fsp3) is 0.190. The molecule has 0 radical (unpaired) electrons. The molecule has 4 rings (SSSR count). The van der Waals surface area contributed by atoms with Crippen molar-refractivity contribution in [3.8, 4) is 0 Å². The number of hydrogen-bond acceptors (Lipinski definition) is 4. The third kappa shape index (κ3) is 4.24. The van der Waals surface area contributed by atoms with Crippen LogP contribution in [0.3, 0.4) is 0 Å². The number of aryl methyl sites for hydroxylation is 1. The third-order valence-electron chi connectivity index (χ3n) is 4.47. The monoisotopic (exact) mass is 410 g/mol. The summed E-state index contributed by atoms with van der Waals surface area (Å²) in [4.78, 5) is 19.5. The Morgan fingerprint density at radius 1 is 1.11 bits per heavy atom. The van der Waals surface area contributed by atoms with E-state index in [4.69, 9.17) is 11.6 Å². The molecule has 0 aliphatic carbocycles. The molecule has 4 aromatic rings. The molecule has 142 valence electrons. The second-order valence-electron chi connectivity index (χ2n) is 6.38. The van der Waals surface area contributed by atoms with E-state index in [1.807, 2.05) is 65.5 Å². The number of thiazole rings is 1. The lowest BCUT2D eigenvalue weighted by Crippen LogP contribution is -2.34. The number of hydrogen-bond donors (Lipinski definition) is 0. The predicted molar refractivity (Wildman–Crippen MR) is 114 cm³/mol. The number of carbonyl (C=O) groups excluding carboxylic acids is 1. The van der Waals surface area contributed by atoms with Gasteiger partial charge in [-0.25, -0.2) is 4.98 Å². The molecule has 7 heteroatoms. The molecule has 0 saturated carbocycles. The highest BCUT2D eigenvalue weighted by atomic mass is 35.5. The second-order valence-corrected chi connectivity index (χ2v) is 7.80. The Morgan fingerprint density at radius 2 is 1.96 bits per heavy atom. The summed E-state index contributed by atoms with van der Waals surface area (Å²) in [5.41, 5.74) is 1.89. The SMILES string of the molecule is O=C(CCc1ccccc1)N(CCn1cccn1)c1nc2c(Cl)cccc2s1. The Kier molecular flexibility index (Phi) is 5.69. The number of para-hydroxylation sites is 1. The van der Waals surface area contributed by atoms with Gasteiger partial charge in [-0.15, -0.1) is 0 Å². The third-order valence-corrected chi connectivity index (χ3v) is 5.82. The number of carbonyl (C=O) groups is 1. The Hall–Kier alpha value is -2.70. The standard InChI is InChI=1S/C21H19ClN4OS/c22-17-8-4-9-18-20(17)24-21(28-18)26(15-14-25-13-5-12-23-25)19(27)11-10-16-6-2-1-3-7-16/h1-9,12-13H,10-11,14-15H2. The Morgan fingerprint density at radius 3 is 2.71 bits per heavy atom. The average molecular weight is 411 g/mol. The van der Waals surface area contributed by atoms with Crippen LogP contribution in [0, 0.1) is 0 Å². The quantitative estimate of drug-likeness (QED) is 0.439. The maximum Gasteiger partial charge on any atom is 0.229 e. The van der Waals surface area contributed by atoms with Crippen LogP contribution in [0.15, 0.2) is 67.0 Å². The zero-order valence-corrected chi connectivity index (χ0v) is 16.7. The zero-order valence-electron chi connectivity index (χ0n) is 15.2. The molecule has 0 aliphatic rings. The van der Waals surface area contributed by atoms with Crippen molar-refractivity contribution in [3.05, 3.63) is 77.6 Å². The molecule has 28 heavy (non-hydrogen) atoms. The van der Waals surface area contributed by atoms with Gasteiger partial charge < -0.3 is 0 Å². The smallest absolute Gasteiger partial charge is 0.229 e. The Balaban J connectivity index is 1.56. The molecule has 0 unspecified atom stereocenters. The molecule has 0 saturated heterocycles. The number of halogens is 1. The van der Waals surface area contributed by atoms with E-state index in [9.17, 15) is 4.79 Å². The summed E-state index contributed by atoms with van der Waals surface area (Å²) >= 11 is 7.77. The maximum atomic E-state index is 13.1. The van der Waals surface area contributed by atoms with Crippen molar-refractivity contribution >= 4 is 44.2 Å². The van der Waals surface area contributed by atoms with E-state index in [1.54, 1.807) is 11.1 Å². The van der Waals surface area contributed by atoms with Gasteiger partial charge in [-0.2, -0.15) is 5.10 Å². The number of benzene rings is 2. The largest absolute Gasteiger partial charge is 0.286 e. The van der Waals surface area contributed by atoms with Gasteiger partial charge in [-0.1, -0.05) is 59.3 Å². The lowest BCUT2D eigenvalue weighted by atomic mass is 10.1. The highest BCUT2D eigenvalue weighted by Crippen LogP contribution is 2.33. The minimum atomic E-state index is 0.0474. The second kappa shape index (κ2) is 8.54. The molecule has 2 aromatic heterocycles. The van der Waals surface area contributed by atoms with Crippen LogP contribution in [-0.2, 0) is 17.8 Å². The Bertz CT molecular complexity index is 1060. The number of rotatable bonds is 7. The fourth-order valence-corrected chi connectivity index (χ4v) is 4.32. The van der Waals surface area contributed by atoms with E-state index in [0.717, 1.165) is 15.8 Å². The topological polar surface area (TPSA) is 51.0 Å². The van der Waals surface area contributed by atoms with E-state index in [0.29, 0.717) is 36.1 Å². The van der Waals surface area contributed by atoms with Gasteiger partial charge in [0.25, 0.3) is 0 Å². The summed E-state index contributed by atoms with van der Waals surface area (Å²) in [7, 11) is 0. The van der Waals surface area contributed by atoms with Gasteiger partial charge in [0.15, 0.2) is 5.13 Å². The highest BCUT2D eigenvalue weighted by Gasteiger charge is 2.20. The van der Waals surface area contributed by atoms with Crippen LogP contribution in [0.1, 0.15) is 12.0 Å². The fourth-order valence-electron chi connectivity index (χ4n) is 3.01. The van der Waals surface area contributed by atoms with Crippen LogP contribution >= 0.6 is 22.9 Å². The van der Waals surface area contributed by atoms with Crippen LogP contribution in [-0.4, -0.2) is 27.2 Å². The number of nitrogens with zero attached hydrogens (tertiary/aromatic N) is 4. The molecule has 0 spiro atoms. The first-order valence-corrected chi connectivity index (χ1v) is 10.3. The normalized spacial score (nSPS) is 11.0. The molecule has 0 bridgehead atoms. The summed E-state index contributed by atoms with van der Waals surface area (Å²) in [6, 6.07) is 17.6. The lowest BCUT2D eigenvalue weighted by Gasteiger charge is -2.20. The van der Waals surface area contributed by atoms with Crippen LogP contribution in [0.2, 0.25) is 5.02 Å². The summed E-state index contributed by atoms with van der Waals surface area (Å²) in [6.07, 6.45) is 4.75. The average Bonchev–Trinajstić information content (AvgIpc) is 3.38. The van der Waals surface area contributed by atoms with Gasteiger partial charge in [0, 0.05) is 25.4 Å². The van der Waals surface area contributed by atoms with Crippen molar-refractivity contribution in [2.45, 2.75) is 19.4 Å². The van der Waals surface area contributed by atoms with E-state index < -0.39 is 0 Å². The Labute approximate surface area is 172 Å². The van der Waals surface area contributed by atoms with Gasteiger partial charge in [-0.05, 0) is 30.2 Å². The van der Waals surface area contributed by atoms with Gasteiger partial charge >= 0.3 is 0 Å². The van der Waals surface area contributed by atoms with E-state index in [1.165, 1.54) is 11.3 Å². The minimum Gasteiger partial charge on any atom is -0.286 e. The molecule has 0 N–H and O–H groups in total. The molecule has 1 amide bonds. The van der Waals surface area contributed by atoms with Crippen molar-refractivity contribution in [2.75, 3.05) is 11.4 Å². The van der Waals surface area contributed by atoms with Crippen LogP contribution in [0.4, 0.5) is 5.13 Å². The van der Waals surface area contributed by atoms with E-state index >= 15 is 0 Å². The number of fused-ring (bicyclic) bond motifs is 1. The molecule has 0 fully saturated rings.